The van der Waals surface area contributed by atoms with Gasteiger partial charge in [-0.2, -0.15) is 0 Å². The Morgan fingerprint density at radius 3 is 2.45 bits per heavy atom. The van der Waals surface area contributed by atoms with Crippen LogP contribution in [0.4, 0.5) is 5.69 Å². The van der Waals surface area contributed by atoms with Gasteiger partial charge in [0, 0.05) is 44.8 Å². The van der Waals surface area contributed by atoms with Crippen molar-refractivity contribution < 1.29 is 34.4 Å². The van der Waals surface area contributed by atoms with Crippen molar-refractivity contribution >= 4 is 28.9 Å². The van der Waals surface area contributed by atoms with Gasteiger partial charge in [0.2, 0.25) is 5.78 Å². The zero-order valence-electron chi connectivity index (χ0n) is 19.1. The molecule has 1 fully saturated rings. The van der Waals surface area contributed by atoms with E-state index in [4.69, 9.17) is 10.5 Å². The summed E-state index contributed by atoms with van der Waals surface area (Å²) in [6, 6.07) is 1.87. The number of hydrogen-bond acceptors (Lipinski definition) is 8. The highest BCUT2D eigenvalue weighted by Crippen LogP contribution is 2.54. The second kappa shape index (κ2) is 7.62. The van der Waals surface area contributed by atoms with Crippen molar-refractivity contribution in [2.24, 2.45) is 17.6 Å². The summed E-state index contributed by atoms with van der Waals surface area (Å²) in [6.45, 7) is 1.88. The number of amides is 1. The molecule has 1 amide bonds. The van der Waals surface area contributed by atoms with Gasteiger partial charge in [-0.1, -0.05) is 6.92 Å². The summed E-state index contributed by atoms with van der Waals surface area (Å²) >= 11 is 0. The molecule has 9 nitrogen and oxygen atoms in total. The minimum Gasteiger partial charge on any atom is -0.508 e. The van der Waals surface area contributed by atoms with Crippen molar-refractivity contribution in [2.45, 2.75) is 38.2 Å². The summed E-state index contributed by atoms with van der Waals surface area (Å²) in [7, 11) is 4.93. The molecular formula is C24H28N2O7. The summed E-state index contributed by atoms with van der Waals surface area (Å²) in [5, 5.41) is 33.1. The van der Waals surface area contributed by atoms with E-state index in [0.29, 0.717) is 24.0 Å². The first kappa shape index (κ1) is 22.8. The van der Waals surface area contributed by atoms with Gasteiger partial charge in [-0.05, 0) is 42.4 Å². The largest absolute Gasteiger partial charge is 0.508 e. The van der Waals surface area contributed by atoms with Crippen LogP contribution in [0.1, 0.15) is 36.5 Å². The Bertz CT molecular complexity index is 1160. The van der Waals surface area contributed by atoms with E-state index in [-0.39, 0.29) is 35.5 Å². The standard InChI is InChI=1S/C24H28N2O7/c1-5-10-8-14(26(2)3)13-7-11-6-12-9-15(27)18(23(25)32)22(31)24(12,33-4)21(30)16(11)20(29)17(13)19(10)28/h8,11-12,28-29,31H,5-7,9H2,1-4H3,(H2,25,32)/t11-,12+,24+/m1/s1. The van der Waals surface area contributed by atoms with Crippen LogP contribution < -0.4 is 10.6 Å². The van der Waals surface area contributed by atoms with Gasteiger partial charge < -0.3 is 30.7 Å². The first-order chi connectivity index (χ1) is 15.5. The van der Waals surface area contributed by atoms with Crippen LogP contribution in [0, 0.1) is 11.8 Å². The first-order valence-corrected chi connectivity index (χ1v) is 10.9. The van der Waals surface area contributed by atoms with Gasteiger partial charge in [0.25, 0.3) is 5.91 Å². The lowest BCUT2D eigenvalue weighted by Crippen LogP contribution is -2.59. The molecule has 1 aromatic rings. The lowest BCUT2D eigenvalue weighted by molar-refractivity contribution is -0.153. The van der Waals surface area contributed by atoms with Crippen LogP contribution in [0.3, 0.4) is 0 Å². The quantitative estimate of drug-likeness (QED) is 0.500. The molecule has 3 aliphatic carbocycles. The van der Waals surface area contributed by atoms with Gasteiger partial charge >= 0.3 is 0 Å². The number of carbonyl (C=O) groups excluding carboxylic acids is 3. The molecule has 0 unspecified atom stereocenters. The maximum Gasteiger partial charge on any atom is 0.255 e. The maximum absolute atomic E-state index is 13.8. The van der Waals surface area contributed by atoms with Crippen LogP contribution in [0.25, 0.3) is 5.76 Å². The third-order valence-electron chi connectivity index (χ3n) is 7.27. The number of aliphatic hydroxyl groups is 2. The molecule has 0 spiro atoms. The molecule has 3 atom stereocenters. The van der Waals surface area contributed by atoms with Crippen molar-refractivity contribution in [3.8, 4) is 5.75 Å². The van der Waals surface area contributed by atoms with E-state index in [9.17, 15) is 29.7 Å². The number of ether oxygens (including phenoxy) is 1. The van der Waals surface area contributed by atoms with Gasteiger partial charge in [-0.15, -0.1) is 0 Å². The van der Waals surface area contributed by atoms with E-state index in [1.165, 1.54) is 7.11 Å². The lowest BCUT2D eigenvalue weighted by atomic mass is 9.59. The number of phenolic OH excluding ortho intramolecular Hbond substituents is 1. The second-order valence-corrected chi connectivity index (χ2v) is 9.08. The highest BCUT2D eigenvalue weighted by molar-refractivity contribution is 6.22. The lowest BCUT2D eigenvalue weighted by Gasteiger charge is -2.48. The van der Waals surface area contributed by atoms with Crippen LogP contribution in [0.15, 0.2) is 23.0 Å². The number of aliphatic hydroxyl groups excluding tert-OH is 2. The fourth-order valence-electron chi connectivity index (χ4n) is 5.73. The molecule has 0 heterocycles. The first-order valence-electron chi connectivity index (χ1n) is 10.9. The topological polar surface area (TPSA) is 150 Å². The van der Waals surface area contributed by atoms with Crippen molar-refractivity contribution in [1.82, 2.24) is 0 Å². The Labute approximate surface area is 191 Å². The molecule has 0 aliphatic heterocycles. The number of aromatic hydroxyl groups is 1. The smallest absolute Gasteiger partial charge is 0.255 e. The maximum atomic E-state index is 13.8. The van der Waals surface area contributed by atoms with E-state index in [1.807, 2.05) is 32.0 Å². The van der Waals surface area contributed by atoms with Crippen LogP contribution >= 0.6 is 0 Å². The molecule has 0 aromatic heterocycles. The molecule has 0 radical (unpaired) electrons. The fraction of sp³-hybridized carbons (Fsp3) is 0.458. The molecule has 0 saturated heterocycles. The predicted octanol–water partition coefficient (Wildman–Crippen LogP) is 1.71. The van der Waals surface area contributed by atoms with Crippen molar-refractivity contribution in [1.29, 1.82) is 0 Å². The van der Waals surface area contributed by atoms with Crippen molar-refractivity contribution in [3.05, 3.63) is 39.7 Å². The third kappa shape index (κ3) is 2.91. The monoisotopic (exact) mass is 456 g/mol. The Hall–Kier alpha value is -3.33. The minimum atomic E-state index is -2.00. The number of hydrogen-bond donors (Lipinski definition) is 4. The van der Waals surface area contributed by atoms with Gasteiger partial charge in [0.1, 0.15) is 22.8 Å². The summed E-state index contributed by atoms with van der Waals surface area (Å²) in [6.07, 6.45) is 0.921. The SMILES string of the molecule is CCc1cc(N(C)C)c2c(c1O)C(O)=C1C(=O)[C@]3(OC)C(O)=C(C(N)=O)C(=O)C[C@@H]3C[C@@H]1C2. The number of nitrogens with zero attached hydrogens (tertiary/aromatic N) is 1. The van der Waals surface area contributed by atoms with Crippen LogP contribution in [-0.4, -0.2) is 59.6 Å². The van der Waals surface area contributed by atoms with Gasteiger partial charge in [-0.25, -0.2) is 0 Å². The molecule has 1 aromatic carbocycles. The van der Waals surface area contributed by atoms with Crippen LogP contribution in [0.2, 0.25) is 0 Å². The molecule has 1 saturated carbocycles. The van der Waals surface area contributed by atoms with Gasteiger partial charge in [-0.3, -0.25) is 14.4 Å². The highest BCUT2D eigenvalue weighted by atomic mass is 16.5. The zero-order valence-corrected chi connectivity index (χ0v) is 19.1. The van der Waals surface area contributed by atoms with Crippen LogP contribution in [0.5, 0.6) is 5.75 Å². The number of Topliss-reactive ketones (excluding diaryl/α,β-unsaturated/α-hetero) is 2. The number of fused-ring (bicyclic) bond motifs is 3. The molecule has 5 N–H and O–H groups in total. The predicted molar refractivity (Wildman–Crippen MR) is 120 cm³/mol. The summed E-state index contributed by atoms with van der Waals surface area (Å²) in [5.41, 5.74) is 5.00. The molecule has 33 heavy (non-hydrogen) atoms. The zero-order chi connectivity index (χ0) is 24.4. The molecule has 3 aliphatic rings. The van der Waals surface area contributed by atoms with E-state index in [0.717, 1.165) is 5.69 Å². The molecule has 4 rings (SSSR count). The minimum absolute atomic E-state index is 0.0126. The number of benzene rings is 1. The normalized spacial score (nSPS) is 26.7. The Morgan fingerprint density at radius 1 is 1.24 bits per heavy atom. The van der Waals surface area contributed by atoms with E-state index >= 15 is 0 Å². The average molecular weight is 456 g/mol. The number of carbonyl (C=O) groups is 3. The van der Waals surface area contributed by atoms with Gasteiger partial charge in [0.05, 0.1) is 5.56 Å². The number of nitrogens with two attached hydrogens (primary N) is 1. The summed E-state index contributed by atoms with van der Waals surface area (Å²) < 4.78 is 5.52. The number of ketones is 2. The summed E-state index contributed by atoms with van der Waals surface area (Å²) in [5.74, 6) is -4.99. The number of methoxy groups -OCH3 is 1. The number of primary amides is 1. The van der Waals surface area contributed by atoms with E-state index in [2.05, 4.69) is 0 Å². The van der Waals surface area contributed by atoms with Crippen LogP contribution in [-0.2, 0) is 32.0 Å². The fourth-order valence-corrected chi connectivity index (χ4v) is 5.73. The molecule has 9 heteroatoms. The van der Waals surface area contributed by atoms with Crippen molar-refractivity contribution in [3.63, 3.8) is 0 Å². The second-order valence-electron chi connectivity index (χ2n) is 9.08. The average Bonchev–Trinajstić information content (AvgIpc) is 2.73. The molecule has 0 bridgehead atoms. The summed E-state index contributed by atoms with van der Waals surface area (Å²) in [4.78, 5) is 40.2. The van der Waals surface area contributed by atoms with Crippen molar-refractivity contribution in [2.75, 3.05) is 26.1 Å². The number of phenols is 1. The Kier molecular flexibility index (Phi) is 5.28. The number of aryl methyl sites for hydroxylation is 1. The molecule has 176 valence electrons. The number of anilines is 1. The van der Waals surface area contributed by atoms with E-state index < -0.39 is 46.2 Å². The Morgan fingerprint density at radius 2 is 1.91 bits per heavy atom. The Balaban J connectivity index is 2.00. The van der Waals surface area contributed by atoms with Gasteiger partial charge in [0.15, 0.2) is 11.4 Å². The highest BCUT2D eigenvalue weighted by Gasteiger charge is 2.61. The number of rotatable bonds is 4. The van der Waals surface area contributed by atoms with E-state index in [1.54, 1.807) is 0 Å². The third-order valence-corrected chi connectivity index (χ3v) is 7.27. The molecular weight excluding hydrogens is 428 g/mol.